The molecule has 108 valence electrons. The van der Waals surface area contributed by atoms with Crippen molar-refractivity contribution in [3.8, 4) is 0 Å². The number of aryl methyl sites for hydroxylation is 3. The van der Waals surface area contributed by atoms with Gasteiger partial charge in [-0.1, -0.05) is 54.1 Å². The van der Waals surface area contributed by atoms with Gasteiger partial charge >= 0.3 is 0 Å². The van der Waals surface area contributed by atoms with Gasteiger partial charge in [-0.05, 0) is 42.9 Å². The van der Waals surface area contributed by atoms with Crippen LogP contribution in [-0.2, 0) is 17.6 Å². The number of hydrogen-bond donors (Lipinski definition) is 1. The molecule has 1 amide bonds. The summed E-state index contributed by atoms with van der Waals surface area (Å²) < 4.78 is 0. The Morgan fingerprint density at radius 1 is 1.14 bits per heavy atom. The van der Waals surface area contributed by atoms with Gasteiger partial charge in [-0.3, -0.25) is 4.79 Å². The Bertz CT molecular complexity index is 630. The molecule has 1 N–H and O–H groups in total. The van der Waals surface area contributed by atoms with Crippen LogP contribution in [0, 0.1) is 6.92 Å². The molecule has 1 aliphatic carbocycles. The molecule has 1 unspecified atom stereocenters. The van der Waals surface area contributed by atoms with Gasteiger partial charge in [0, 0.05) is 6.42 Å². The SMILES string of the molecule is Cc1ccc(CCC(=O)NC2CCc3ccccc32)cc1. The van der Waals surface area contributed by atoms with Crippen LogP contribution in [0.5, 0.6) is 0 Å². The third-order valence-corrected chi connectivity index (χ3v) is 4.23. The molecule has 0 fully saturated rings. The first-order chi connectivity index (χ1) is 10.2. The molecule has 0 saturated carbocycles. The lowest BCUT2D eigenvalue weighted by Gasteiger charge is -2.14. The first-order valence-corrected chi connectivity index (χ1v) is 7.65. The van der Waals surface area contributed by atoms with Crippen LogP contribution in [0.4, 0.5) is 0 Å². The molecular formula is C19H21NO. The lowest BCUT2D eigenvalue weighted by Crippen LogP contribution is -2.27. The predicted molar refractivity (Wildman–Crippen MR) is 85.1 cm³/mol. The summed E-state index contributed by atoms with van der Waals surface area (Å²) in [7, 11) is 0. The van der Waals surface area contributed by atoms with Gasteiger partial charge in [-0.2, -0.15) is 0 Å². The van der Waals surface area contributed by atoms with Crippen molar-refractivity contribution in [1.29, 1.82) is 0 Å². The zero-order valence-electron chi connectivity index (χ0n) is 12.4. The van der Waals surface area contributed by atoms with E-state index in [4.69, 9.17) is 0 Å². The molecule has 0 aliphatic heterocycles. The summed E-state index contributed by atoms with van der Waals surface area (Å²) >= 11 is 0. The molecule has 3 rings (SSSR count). The van der Waals surface area contributed by atoms with Crippen LogP contribution in [0.15, 0.2) is 48.5 Å². The molecule has 2 aromatic carbocycles. The highest BCUT2D eigenvalue weighted by Crippen LogP contribution is 2.30. The van der Waals surface area contributed by atoms with Gasteiger partial charge in [0.25, 0.3) is 0 Å². The average Bonchev–Trinajstić information content (AvgIpc) is 2.90. The monoisotopic (exact) mass is 279 g/mol. The molecule has 21 heavy (non-hydrogen) atoms. The van der Waals surface area contributed by atoms with Gasteiger partial charge in [0.2, 0.25) is 5.91 Å². The van der Waals surface area contributed by atoms with Crippen LogP contribution in [0.1, 0.15) is 41.1 Å². The van der Waals surface area contributed by atoms with Gasteiger partial charge in [0.05, 0.1) is 6.04 Å². The van der Waals surface area contributed by atoms with E-state index in [9.17, 15) is 4.79 Å². The summed E-state index contributed by atoms with van der Waals surface area (Å²) in [4.78, 5) is 12.1. The van der Waals surface area contributed by atoms with E-state index >= 15 is 0 Å². The van der Waals surface area contributed by atoms with Crippen molar-refractivity contribution < 1.29 is 4.79 Å². The smallest absolute Gasteiger partial charge is 0.220 e. The van der Waals surface area contributed by atoms with Crippen molar-refractivity contribution in [1.82, 2.24) is 5.32 Å². The molecule has 2 nitrogen and oxygen atoms in total. The summed E-state index contributed by atoms with van der Waals surface area (Å²) in [6, 6.07) is 17.0. The largest absolute Gasteiger partial charge is 0.349 e. The van der Waals surface area contributed by atoms with Crippen LogP contribution >= 0.6 is 0 Å². The Morgan fingerprint density at radius 2 is 1.90 bits per heavy atom. The Morgan fingerprint density at radius 3 is 2.71 bits per heavy atom. The fourth-order valence-electron chi connectivity index (χ4n) is 2.99. The second-order valence-electron chi connectivity index (χ2n) is 5.84. The third-order valence-electron chi connectivity index (χ3n) is 4.23. The van der Waals surface area contributed by atoms with E-state index in [0.717, 1.165) is 19.3 Å². The number of amides is 1. The van der Waals surface area contributed by atoms with Crippen LogP contribution in [0.25, 0.3) is 0 Å². The van der Waals surface area contributed by atoms with Crippen molar-refractivity contribution >= 4 is 5.91 Å². The molecule has 0 radical (unpaired) electrons. The number of carbonyl (C=O) groups is 1. The quantitative estimate of drug-likeness (QED) is 0.907. The Labute approximate surface area is 126 Å². The second-order valence-corrected chi connectivity index (χ2v) is 5.84. The molecule has 0 bridgehead atoms. The fraction of sp³-hybridized carbons (Fsp3) is 0.316. The second kappa shape index (κ2) is 6.13. The molecule has 0 heterocycles. The van der Waals surface area contributed by atoms with E-state index < -0.39 is 0 Å². The molecule has 0 aromatic heterocycles. The molecule has 0 saturated heterocycles. The van der Waals surface area contributed by atoms with Gasteiger partial charge in [0.1, 0.15) is 0 Å². The minimum Gasteiger partial charge on any atom is -0.349 e. The van der Waals surface area contributed by atoms with Gasteiger partial charge in [-0.25, -0.2) is 0 Å². The van der Waals surface area contributed by atoms with E-state index in [0.29, 0.717) is 6.42 Å². The van der Waals surface area contributed by atoms with Crippen LogP contribution in [-0.4, -0.2) is 5.91 Å². The molecular weight excluding hydrogens is 258 g/mol. The topological polar surface area (TPSA) is 29.1 Å². The zero-order valence-corrected chi connectivity index (χ0v) is 12.4. The van der Waals surface area contributed by atoms with Gasteiger partial charge in [-0.15, -0.1) is 0 Å². The predicted octanol–water partition coefficient (Wildman–Crippen LogP) is 3.73. The van der Waals surface area contributed by atoms with Crippen LogP contribution < -0.4 is 5.32 Å². The lowest BCUT2D eigenvalue weighted by molar-refractivity contribution is -0.121. The van der Waals surface area contributed by atoms with E-state index in [1.54, 1.807) is 0 Å². The summed E-state index contributed by atoms with van der Waals surface area (Å²) in [6.07, 6.45) is 3.46. The summed E-state index contributed by atoms with van der Waals surface area (Å²) in [5, 5.41) is 3.18. The van der Waals surface area contributed by atoms with E-state index in [-0.39, 0.29) is 11.9 Å². The average molecular weight is 279 g/mol. The minimum atomic E-state index is 0.150. The van der Waals surface area contributed by atoms with Crippen molar-refractivity contribution in [2.75, 3.05) is 0 Å². The van der Waals surface area contributed by atoms with E-state index in [2.05, 4.69) is 60.8 Å². The van der Waals surface area contributed by atoms with Crippen LogP contribution in [0.2, 0.25) is 0 Å². The molecule has 1 atom stereocenters. The highest BCUT2D eigenvalue weighted by molar-refractivity contribution is 5.77. The summed E-state index contributed by atoms with van der Waals surface area (Å²) in [6.45, 7) is 2.08. The number of benzene rings is 2. The normalized spacial score (nSPS) is 16.5. The van der Waals surface area contributed by atoms with Gasteiger partial charge in [0.15, 0.2) is 0 Å². The highest BCUT2D eigenvalue weighted by atomic mass is 16.1. The fourth-order valence-corrected chi connectivity index (χ4v) is 2.99. The number of carbonyl (C=O) groups excluding carboxylic acids is 1. The maximum atomic E-state index is 12.1. The maximum absolute atomic E-state index is 12.1. The first-order valence-electron chi connectivity index (χ1n) is 7.65. The standard InChI is InChI=1S/C19H21NO/c1-14-6-8-15(9-7-14)10-13-19(21)20-18-12-11-16-4-2-3-5-17(16)18/h2-9,18H,10-13H2,1H3,(H,20,21). The molecule has 0 spiro atoms. The lowest BCUT2D eigenvalue weighted by atomic mass is 10.1. The van der Waals surface area contributed by atoms with Crippen LogP contribution in [0.3, 0.4) is 0 Å². The Hall–Kier alpha value is -2.09. The van der Waals surface area contributed by atoms with Crippen molar-refractivity contribution in [2.45, 2.75) is 38.6 Å². The third kappa shape index (κ3) is 3.33. The first kappa shape index (κ1) is 13.9. The summed E-state index contributed by atoms with van der Waals surface area (Å²) in [5.74, 6) is 0.150. The summed E-state index contributed by atoms with van der Waals surface area (Å²) in [5.41, 5.74) is 5.15. The Kier molecular flexibility index (Phi) is 4.05. The molecule has 2 heteroatoms. The number of fused-ring (bicyclic) bond motifs is 1. The zero-order chi connectivity index (χ0) is 14.7. The van der Waals surface area contributed by atoms with Crippen molar-refractivity contribution in [2.24, 2.45) is 0 Å². The number of rotatable bonds is 4. The molecule has 1 aliphatic rings. The molecule has 2 aromatic rings. The van der Waals surface area contributed by atoms with Gasteiger partial charge < -0.3 is 5.32 Å². The number of nitrogens with one attached hydrogen (secondary N) is 1. The highest BCUT2D eigenvalue weighted by Gasteiger charge is 2.22. The minimum absolute atomic E-state index is 0.150. The Balaban J connectivity index is 1.54. The van der Waals surface area contributed by atoms with E-state index in [1.807, 2.05) is 0 Å². The number of hydrogen-bond acceptors (Lipinski definition) is 1. The maximum Gasteiger partial charge on any atom is 0.220 e. The van der Waals surface area contributed by atoms with Crippen molar-refractivity contribution in [3.05, 3.63) is 70.8 Å². The van der Waals surface area contributed by atoms with Crippen molar-refractivity contribution in [3.63, 3.8) is 0 Å². The van der Waals surface area contributed by atoms with E-state index in [1.165, 1.54) is 22.3 Å².